The summed E-state index contributed by atoms with van der Waals surface area (Å²) >= 11 is 2.25. The first-order valence-corrected chi connectivity index (χ1v) is 8.49. The zero-order valence-electron chi connectivity index (χ0n) is 12.0. The van der Waals surface area contributed by atoms with Gasteiger partial charge in [0.25, 0.3) is 0 Å². The monoisotopic (exact) mass is 255 g/mol. The Morgan fingerprint density at radius 3 is 2.65 bits per heavy atom. The lowest BCUT2D eigenvalue weighted by molar-refractivity contribution is 0.136. The van der Waals surface area contributed by atoms with E-state index in [0.29, 0.717) is 5.41 Å². The molecule has 2 aliphatic rings. The topological polar surface area (TPSA) is 12.0 Å². The molecule has 2 fully saturated rings. The molecule has 0 aromatic rings. The van der Waals surface area contributed by atoms with Crippen LogP contribution in [-0.2, 0) is 0 Å². The van der Waals surface area contributed by atoms with Gasteiger partial charge < -0.3 is 5.32 Å². The van der Waals surface area contributed by atoms with E-state index < -0.39 is 0 Å². The SMILES string of the molecule is CCC1CSC2CC(C(C)(C)CC)CCC2N1. The zero-order chi connectivity index (χ0) is 12.5. The number of thioether (sulfide) groups is 1. The quantitative estimate of drug-likeness (QED) is 0.815. The Balaban J connectivity index is 1.93. The lowest BCUT2D eigenvalue weighted by atomic mass is 9.68. The molecule has 0 aromatic heterocycles. The average molecular weight is 255 g/mol. The van der Waals surface area contributed by atoms with Gasteiger partial charge in [-0.15, -0.1) is 0 Å². The molecule has 0 amide bonds. The van der Waals surface area contributed by atoms with Crippen molar-refractivity contribution in [1.82, 2.24) is 5.32 Å². The van der Waals surface area contributed by atoms with E-state index in [9.17, 15) is 0 Å². The molecule has 4 unspecified atom stereocenters. The predicted octanol–water partition coefficient (Wildman–Crippen LogP) is 4.07. The van der Waals surface area contributed by atoms with E-state index in [1.165, 1.54) is 37.9 Å². The summed E-state index contributed by atoms with van der Waals surface area (Å²) in [6.07, 6.45) is 6.90. The fourth-order valence-electron chi connectivity index (χ4n) is 3.33. The molecule has 1 heterocycles. The molecule has 2 rings (SSSR count). The van der Waals surface area contributed by atoms with Gasteiger partial charge in [0.05, 0.1) is 0 Å². The van der Waals surface area contributed by atoms with Crippen molar-refractivity contribution < 1.29 is 0 Å². The normalized spacial score (nSPS) is 38.8. The molecule has 17 heavy (non-hydrogen) atoms. The highest BCUT2D eigenvalue weighted by Crippen LogP contribution is 2.44. The van der Waals surface area contributed by atoms with E-state index in [-0.39, 0.29) is 0 Å². The molecule has 1 saturated heterocycles. The lowest BCUT2D eigenvalue weighted by Crippen LogP contribution is -2.53. The summed E-state index contributed by atoms with van der Waals surface area (Å²) in [7, 11) is 0. The molecule has 2 heteroatoms. The second kappa shape index (κ2) is 5.52. The van der Waals surface area contributed by atoms with Crippen molar-refractivity contribution >= 4 is 11.8 Å². The van der Waals surface area contributed by atoms with Gasteiger partial charge in [0.1, 0.15) is 0 Å². The predicted molar refractivity (Wildman–Crippen MR) is 78.7 cm³/mol. The van der Waals surface area contributed by atoms with Gasteiger partial charge >= 0.3 is 0 Å². The van der Waals surface area contributed by atoms with Crippen LogP contribution in [0.25, 0.3) is 0 Å². The van der Waals surface area contributed by atoms with Crippen LogP contribution in [0.3, 0.4) is 0 Å². The van der Waals surface area contributed by atoms with Gasteiger partial charge in [-0.05, 0) is 37.0 Å². The van der Waals surface area contributed by atoms with Crippen molar-refractivity contribution in [3.8, 4) is 0 Å². The van der Waals surface area contributed by atoms with Crippen LogP contribution < -0.4 is 5.32 Å². The smallest absolute Gasteiger partial charge is 0.0204 e. The Morgan fingerprint density at radius 2 is 2.00 bits per heavy atom. The maximum absolute atomic E-state index is 3.87. The third kappa shape index (κ3) is 3.01. The first-order chi connectivity index (χ1) is 8.06. The summed E-state index contributed by atoms with van der Waals surface area (Å²) in [6, 6.07) is 1.58. The summed E-state index contributed by atoms with van der Waals surface area (Å²) < 4.78 is 0. The van der Waals surface area contributed by atoms with E-state index in [4.69, 9.17) is 0 Å². The standard InChI is InChI=1S/C15H29NS/c1-5-12-10-17-14-9-11(15(3,4)6-2)7-8-13(14)16-12/h11-14,16H,5-10H2,1-4H3. The largest absolute Gasteiger partial charge is 0.309 e. The molecule has 1 aliphatic carbocycles. The lowest BCUT2D eigenvalue weighted by Gasteiger charge is -2.46. The fraction of sp³-hybridized carbons (Fsp3) is 1.00. The van der Waals surface area contributed by atoms with Crippen molar-refractivity contribution in [3.05, 3.63) is 0 Å². The van der Waals surface area contributed by atoms with Gasteiger partial charge in [-0.1, -0.05) is 34.1 Å². The minimum atomic E-state index is 0.549. The number of fused-ring (bicyclic) bond motifs is 1. The first-order valence-electron chi connectivity index (χ1n) is 7.44. The molecule has 1 aliphatic heterocycles. The fourth-order valence-corrected chi connectivity index (χ4v) is 4.96. The summed E-state index contributed by atoms with van der Waals surface area (Å²) in [5, 5.41) is 4.77. The highest BCUT2D eigenvalue weighted by molar-refractivity contribution is 8.00. The van der Waals surface area contributed by atoms with Gasteiger partial charge in [-0.2, -0.15) is 11.8 Å². The molecular weight excluding hydrogens is 226 g/mol. The summed E-state index contributed by atoms with van der Waals surface area (Å²) in [5.41, 5.74) is 0.549. The minimum Gasteiger partial charge on any atom is -0.309 e. The summed E-state index contributed by atoms with van der Waals surface area (Å²) in [5.74, 6) is 2.28. The zero-order valence-corrected chi connectivity index (χ0v) is 12.8. The van der Waals surface area contributed by atoms with Crippen LogP contribution in [-0.4, -0.2) is 23.1 Å². The van der Waals surface area contributed by atoms with Crippen molar-refractivity contribution in [2.24, 2.45) is 11.3 Å². The van der Waals surface area contributed by atoms with Crippen LogP contribution in [0, 0.1) is 11.3 Å². The number of rotatable bonds is 3. The van der Waals surface area contributed by atoms with E-state index in [1.807, 2.05) is 0 Å². The summed E-state index contributed by atoms with van der Waals surface area (Å²) in [6.45, 7) is 9.59. The Hall–Kier alpha value is 0.310. The number of hydrogen-bond donors (Lipinski definition) is 1. The van der Waals surface area contributed by atoms with Crippen molar-refractivity contribution in [2.45, 2.75) is 77.1 Å². The van der Waals surface area contributed by atoms with Crippen LogP contribution in [0.2, 0.25) is 0 Å². The van der Waals surface area contributed by atoms with Gasteiger partial charge in [-0.3, -0.25) is 0 Å². The highest BCUT2D eigenvalue weighted by Gasteiger charge is 2.39. The third-order valence-electron chi connectivity index (χ3n) is 5.26. The van der Waals surface area contributed by atoms with E-state index in [0.717, 1.165) is 23.3 Å². The second-order valence-corrected chi connectivity index (χ2v) is 7.87. The van der Waals surface area contributed by atoms with Gasteiger partial charge in [-0.25, -0.2) is 0 Å². The number of nitrogens with one attached hydrogen (secondary N) is 1. The second-order valence-electron chi connectivity index (χ2n) is 6.60. The molecule has 4 atom stereocenters. The van der Waals surface area contributed by atoms with E-state index >= 15 is 0 Å². The van der Waals surface area contributed by atoms with Crippen molar-refractivity contribution in [2.75, 3.05) is 5.75 Å². The van der Waals surface area contributed by atoms with Crippen molar-refractivity contribution in [3.63, 3.8) is 0 Å². The Kier molecular flexibility index (Phi) is 4.46. The minimum absolute atomic E-state index is 0.549. The maximum Gasteiger partial charge on any atom is 0.0204 e. The Labute approximate surface area is 112 Å². The Morgan fingerprint density at radius 1 is 1.24 bits per heavy atom. The van der Waals surface area contributed by atoms with Crippen LogP contribution in [0.1, 0.15) is 59.8 Å². The van der Waals surface area contributed by atoms with Crippen LogP contribution in [0.4, 0.5) is 0 Å². The molecule has 0 spiro atoms. The third-order valence-corrected chi connectivity index (χ3v) is 6.81. The molecular formula is C15H29NS. The van der Waals surface area contributed by atoms with E-state index in [2.05, 4.69) is 44.8 Å². The average Bonchev–Trinajstić information content (AvgIpc) is 2.37. The summed E-state index contributed by atoms with van der Waals surface area (Å²) in [4.78, 5) is 0. The number of hydrogen-bond acceptors (Lipinski definition) is 2. The molecule has 1 N–H and O–H groups in total. The van der Waals surface area contributed by atoms with Crippen LogP contribution in [0.5, 0.6) is 0 Å². The van der Waals surface area contributed by atoms with Gasteiger partial charge in [0.2, 0.25) is 0 Å². The van der Waals surface area contributed by atoms with Gasteiger partial charge in [0, 0.05) is 23.1 Å². The highest BCUT2D eigenvalue weighted by atomic mass is 32.2. The van der Waals surface area contributed by atoms with Crippen LogP contribution in [0.15, 0.2) is 0 Å². The van der Waals surface area contributed by atoms with Crippen LogP contribution >= 0.6 is 11.8 Å². The van der Waals surface area contributed by atoms with E-state index in [1.54, 1.807) is 0 Å². The molecule has 1 saturated carbocycles. The van der Waals surface area contributed by atoms with Gasteiger partial charge in [0.15, 0.2) is 0 Å². The van der Waals surface area contributed by atoms with Crippen molar-refractivity contribution in [1.29, 1.82) is 0 Å². The molecule has 0 aromatic carbocycles. The first kappa shape index (κ1) is 13.7. The Bertz CT molecular complexity index is 251. The molecule has 1 nitrogen and oxygen atoms in total. The molecule has 100 valence electrons. The molecule has 0 radical (unpaired) electrons. The molecule has 0 bridgehead atoms. The maximum atomic E-state index is 3.87.